The van der Waals surface area contributed by atoms with Crippen molar-refractivity contribution in [3.63, 3.8) is 0 Å². The zero-order chi connectivity index (χ0) is 10.2. The van der Waals surface area contributed by atoms with Gasteiger partial charge in [-0.05, 0) is 23.6 Å². The number of hydrogen-bond donors (Lipinski definition) is 1. The van der Waals surface area contributed by atoms with Crippen molar-refractivity contribution in [3.05, 3.63) is 29.8 Å². The van der Waals surface area contributed by atoms with Gasteiger partial charge in [0.05, 0.1) is 13.7 Å². The second-order valence-electron chi connectivity index (χ2n) is 3.08. The fourth-order valence-corrected chi connectivity index (χ4v) is 1.25. The molecular weight excluding hydrogens is 174 g/mol. The second-order valence-corrected chi connectivity index (χ2v) is 3.08. The van der Waals surface area contributed by atoms with E-state index in [1.165, 1.54) is 5.56 Å². The highest BCUT2D eigenvalue weighted by molar-refractivity contribution is 5.27. The molecule has 0 fully saturated rings. The van der Waals surface area contributed by atoms with Crippen LogP contribution in [0.4, 0.5) is 0 Å². The Labute approximate surface area is 85.3 Å². The molecule has 0 spiro atoms. The van der Waals surface area contributed by atoms with Gasteiger partial charge in [-0.25, -0.2) is 0 Å². The van der Waals surface area contributed by atoms with Crippen LogP contribution < -0.4 is 10.1 Å². The third-order valence-electron chi connectivity index (χ3n) is 2.06. The molecule has 1 aromatic carbocycles. The summed E-state index contributed by atoms with van der Waals surface area (Å²) in [5, 5.41) is 2.13. The molecule has 0 amide bonds. The van der Waals surface area contributed by atoms with E-state index in [0.717, 1.165) is 25.3 Å². The summed E-state index contributed by atoms with van der Waals surface area (Å²) in [5.41, 5.74) is 1.32. The molecule has 14 heavy (non-hydrogen) atoms. The van der Waals surface area contributed by atoms with E-state index in [4.69, 9.17) is 11.2 Å². The highest BCUT2D eigenvalue weighted by atomic mass is 16.5. The largest absolute Gasteiger partial charge is 0.497 e. The number of rotatable bonds is 5. The van der Waals surface area contributed by atoms with Crippen molar-refractivity contribution < 1.29 is 10.1 Å². The van der Waals surface area contributed by atoms with Gasteiger partial charge in [-0.1, -0.05) is 12.1 Å². The van der Waals surface area contributed by atoms with Crippen LogP contribution in [0.15, 0.2) is 24.3 Å². The Bertz CT molecular complexity index is 297. The molecule has 0 saturated carbocycles. The van der Waals surface area contributed by atoms with Crippen LogP contribution in [0, 0.1) is 12.3 Å². The van der Waals surface area contributed by atoms with E-state index in [2.05, 4.69) is 23.4 Å². The summed E-state index contributed by atoms with van der Waals surface area (Å²) in [7, 11) is 1.68. The van der Waals surface area contributed by atoms with Crippen molar-refractivity contribution in [2.45, 2.75) is 6.42 Å². The molecule has 2 N–H and O–H groups in total. The van der Waals surface area contributed by atoms with Crippen LogP contribution >= 0.6 is 0 Å². The quantitative estimate of drug-likeness (QED) is 0.529. The van der Waals surface area contributed by atoms with Crippen molar-refractivity contribution >= 4 is 0 Å². The van der Waals surface area contributed by atoms with Gasteiger partial charge >= 0.3 is 0 Å². The molecule has 0 atom stereocenters. The minimum absolute atomic E-state index is 0.760. The molecular formula is C12H16NO+. The Balaban J connectivity index is 2.33. The molecule has 2 nitrogen and oxygen atoms in total. The van der Waals surface area contributed by atoms with Gasteiger partial charge in [0.1, 0.15) is 12.3 Å². The van der Waals surface area contributed by atoms with Gasteiger partial charge < -0.3 is 10.1 Å². The summed E-state index contributed by atoms with van der Waals surface area (Å²) in [6.07, 6.45) is 6.20. The molecule has 0 saturated heterocycles. The third-order valence-corrected chi connectivity index (χ3v) is 2.06. The first kappa shape index (κ1) is 10.6. The molecule has 74 valence electrons. The van der Waals surface area contributed by atoms with Crippen LogP contribution in [0.2, 0.25) is 0 Å². The lowest BCUT2D eigenvalue weighted by atomic mass is 10.1. The Hall–Kier alpha value is -1.46. The van der Waals surface area contributed by atoms with E-state index in [1.54, 1.807) is 7.11 Å². The first-order valence-corrected chi connectivity index (χ1v) is 4.75. The fourth-order valence-electron chi connectivity index (χ4n) is 1.25. The third kappa shape index (κ3) is 3.51. The number of hydrogen-bond acceptors (Lipinski definition) is 1. The van der Waals surface area contributed by atoms with Crippen molar-refractivity contribution in [1.29, 1.82) is 0 Å². The summed E-state index contributed by atoms with van der Waals surface area (Å²) in [6, 6.07) is 8.14. The summed E-state index contributed by atoms with van der Waals surface area (Å²) >= 11 is 0. The first-order chi connectivity index (χ1) is 6.86. The molecule has 0 aliphatic heterocycles. The first-order valence-electron chi connectivity index (χ1n) is 4.75. The molecule has 0 aromatic heterocycles. The fraction of sp³-hybridized carbons (Fsp3) is 0.333. The monoisotopic (exact) mass is 190 g/mol. The lowest BCUT2D eigenvalue weighted by molar-refractivity contribution is -0.643. The van der Waals surface area contributed by atoms with E-state index >= 15 is 0 Å². The van der Waals surface area contributed by atoms with Crippen molar-refractivity contribution in [3.8, 4) is 18.1 Å². The Morgan fingerprint density at radius 2 is 2.07 bits per heavy atom. The molecule has 0 radical (unpaired) electrons. The van der Waals surface area contributed by atoms with E-state index in [-0.39, 0.29) is 0 Å². The normalized spacial score (nSPS) is 9.43. The second kappa shape index (κ2) is 6.06. The van der Waals surface area contributed by atoms with Crippen molar-refractivity contribution in [2.24, 2.45) is 0 Å². The molecule has 0 aliphatic carbocycles. The van der Waals surface area contributed by atoms with Gasteiger partial charge in [0.25, 0.3) is 0 Å². The number of terminal acetylenes is 1. The molecule has 0 heterocycles. The van der Waals surface area contributed by atoms with Gasteiger partial charge in [-0.2, -0.15) is 0 Å². The van der Waals surface area contributed by atoms with E-state index in [1.807, 2.05) is 12.1 Å². The highest BCUT2D eigenvalue weighted by Gasteiger charge is 1.95. The molecule has 1 aromatic rings. The number of benzene rings is 1. The zero-order valence-electron chi connectivity index (χ0n) is 8.49. The summed E-state index contributed by atoms with van der Waals surface area (Å²) < 4.78 is 5.08. The number of quaternary nitrogens is 1. The van der Waals surface area contributed by atoms with E-state index < -0.39 is 0 Å². The molecule has 2 heteroatoms. The molecule has 0 aliphatic rings. The zero-order valence-corrected chi connectivity index (χ0v) is 8.49. The van der Waals surface area contributed by atoms with Crippen LogP contribution in [0.1, 0.15) is 5.56 Å². The number of nitrogens with two attached hydrogens (primary N) is 1. The van der Waals surface area contributed by atoms with Crippen molar-refractivity contribution in [2.75, 3.05) is 20.2 Å². The summed E-state index contributed by atoms with van der Waals surface area (Å²) in [6.45, 7) is 1.80. The SMILES string of the molecule is C#CC[NH2+]CCc1ccc(OC)cc1. The van der Waals surface area contributed by atoms with Crippen LogP contribution in [0.5, 0.6) is 5.75 Å². The highest BCUT2D eigenvalue weighted by Crippen LogP contribution is 2.10. The predicted octanol–water partition coefficient (Wildman–Crippen LogP) is 0.434. The van der Waals surface area contributed by atoms with Crippen LogP contribution in [-0.2, 0) is 6.42 Å². The maximum atomic E-state index is 5.15. The molecule has 1 rings (SSSR count). The Morgan fingerprint density at radius 1 is 1.36 bits per heavy atom. The van der Waals surface area contributed by atoms with Gasteiger partial charge in [0.15, 0.2) is 0 Å². The minimum Gasteiger partial charge on any atom is -0.497 e. The smallest absolute Gasteiger partial charge is 0.137 e. The van der Waals surface area contributed by atoms with E-state index in [0.29, 0.717) is 0 Å². The predicted molar refractivity (Wildman–Crippen MR) is 57.2 cm³/mol. The average Bonchev–Trinajstić information content (AvgIpc) is 2.25. The summed E-state index contributed by atoms with van der Waals surface area (Å²) in [4.78, 5) is 0. The molecule has 0 unspecified atom stereocenters. The van der Waals surface area contributed by atoms with Crippen molar-refractivity contribution in [1.82, 2.24) is 0 Å². The Kier molecular flexibility index (Phi) is 4.60. The van der Waals surface area contributed by atoms with Gasteiger partial charge in [-0.15, -0.1) is 6.42 Å². The van der Waals surface area contributed by atoms with E-state index in [9.17, 15) is 0 Å². The lowest BCUT2D eigenvalue weighted by Crippen LogP contribution is -2.84. The average molecular weight is 190 g/mol. The maximum absolute atomic E-state index is 5.15. The minimum atomic E-state index is 0.760. The van der Waals surface area contributed by atoms with Gasteiger partial charge in [0.2, 0.25) is 0 Å². The maximum Gasteiger partial charge on any atom is 0.137 e. The van der Waals surface area contributed by atoms with Gasteiger partial charge in [0, 0.05) is 6.42 Å². The Morgan fingerprint density at radius 3 is 2.64 bits per heavy atom. The number of ether oxygens (including phenoxy) is 1. The topological polar surface area (TPSA) is 25.8 Å². The van der Waals surface area contributed by atoms with Crippen LogP contribution in [0.25, 0.3) is 0 Å². The lowest BCUT2D eigenvalue weighted by Gasteiger charge is -2.02. The van der Waals surface area contributed by atoms with Crippen LogP contribution in [0.3, 0.4) is 0 Å². The number of methoxy groups -OCH3 is 1. The standard InChI is InChI=1S/C12H15NO/c1-3-9-13-10-8-11-4-6-12(14-2)7-5-11/h1,4-7,13H,8-10H2,2H3/p+1. The van der Waals surface area contributed by atoms with Crippen LogP contribution in [-0.4, -0.2) is 20.2 Å². The summed E-state index contributed by atoms with van der Waals surface area (Å²) in [5.74, 6) is 3.50. The van der Waals surface area contributed by atoms with Gasteiger partial charge in [-0.3, -0.25) is 0 Å². The molecule has 0 bridgehead atoms.